The fourth-order valence-electron chi connectivity index (χ4n) is 3.41. The van der Waals surface area contributed by atoms with E-state index in [0.29, 0.717) is 23.9 Å². The molecule has 0 spiro atoms. The molecule has 0 saturated carbocycles. The van der Waals surface area contributed by atoms with Crippen LogP contribution >= 0.6 is 24.8 Å². The number of pyridine rings is 1. The van der Waals surface area contributed by atoms with Gasteiger partial charge >= 0.3 is 0 Å². The van der Waals surface area contributed by atoms with Gasteiger partial charge in [0.25, 0.3) is 0 Å². The first kappa shape index (κ1) is 24.2. The molecule has 1 aliphatic heterocycles. The van der Waals surface area contributed by atoms with Crippen molar-refractivity contribution in [1.82, 2.24) is 9.88 Å². The van der Waals surface area contributed by atoms with Crippen LogP contribution in [-0.2, 0) is 17.8 Å². The number of aliphatic hydroxyl groups is 1. The van der Waals surface area contributed by atoms with Crippen LogP contribution in [0, 0.1) is 0 Å². The normalized spacial score (nSPS) is 16.2. The molecule has 0 bridgehead atoms. The molecule has 1 aliphatic rings. The largest absolute Gasteiger partial charge is 0.390 e. The number of carbonyl (C=O) groups excluding carboxylic acids is 1. The van der Waals surface area contributed by atoms with Crippen molar-refractivity contribution >= 4 is 36.4 Å². The Morgan fingerprint density at radius 2 is 1.96 bits per heavy atom. The van der Waals surface area contributed by atoms with Crippen molar-refractivity contribution in [2.45, 2.75) is 31.9 Å². The lowest BCUT2D eigenvalue weighted by molar-refractivity contribution is 0.222. The molecule has 1 atom stereocenters. The average Bonchev–Trinajstić information content (AvgIpc) is 2.72. The van der Waals surface area contributed by atoms with E-state index in [2.05, 4.69) is 47.1 Å². The first-order valence-corrected chi connectivity index (χ1v) is 9.02. The number of benzene rings is 1. The van der Waals surface area contributed by atoms with Crippen LogP contribution in [0.15, 0.2) is 54.4 Å². The van der Waals surface area contributed by atoms with Crippen LogP contribution in [0.2, 0.25) is 0 Å². The lowest BCUT2D eigenvalue weighted by Gasteiger charge is -2.38. The Morgan fingerprint density at radius 1 is 1.21 bits per heavy atom. The second-order valence-electron chi connectivity index (χ2n) is 6.73. The van der Waals surface area contributed by atoms with E-state index in [1.165, 1.54) is 5.56 Å². The molecule has 0 aliphatic carbocycles. The lowest BCUT2D eigenvalue weighted by Crippen LogP contribution is -2.43. The zero-order chi connectivity index (χ0) is 18.4. The third-order valence-electron chi connectivity index (χ3n) is 5.06. The lowest BCUT2D eigenvalue weighted by atomic mass is 9.99. The maximum absolute atomic E-state index is 11.5. The Hall–Kier alpha value is -1.88. The van der Waals surface area contributed by atoms with E-state index in [-0.39, 0.29) is 31.4 Å². The van der Waals surface area contributed by atoms with Crippen LogP contribution < -0.4 is 4.90 Å². The van der Waals surface area contributed by atoms with E-state index in [4.69, 9.17) is 5.11 Å². The number of hydrogen-bond acceptors (Lipinski definition) is 5. The van der Waals surface area contributed by atoms with Gasteiger partial charge in [-0.2, -0.15) is 0 Å². The number of piperidine rings is 1. The van der Waals surface area contributed by atoms with E-state index in [1.54, 1.807) is 12.3 Å². The molecule has 1 aromatic heterocycles. The summed E-state index contributed by atoms with van der Waals surface area (Å²) in [6.07, 6.45) is 4.39. The molecule has 0 radical (unpaired) electrons. The zero-order valence-corrected chi connectivity index (χ0v) is 17.6. The van der Waals surface area contributed by atoms with Crippen molar-refractivity contribution in [1.29, 1.82) is 0 Å². The molecule has 1 saturated heterocycles. The molecule has 5 nitrogen and oxygen atoms in total. The van der Waals surface area contributed by atoms with Crippen molar-refractivity contribution in [3.05, 3.63) is 65.6 Å². The number of halogens is 2. The van der Waals surface area contributed by atoms with E-state index < -0.39 is 0 Å². The van der Waals surface area contributed by atoms with E-state index in [0.717, 1.165) is 31.6 Å². The number of anilines is 1. The first-order valence-electron chi connectivity index (χ1n) is 9.02. The van der Waals surface area contributed by atoms with Crippen LogP contribution in [0.5, 0.6) is 0 Å². The van der Waals surface area contributed by atoms with Gasteiger partial charge in [-0.15, -0.1) is 24.8 Å². The van der Waals surface area contributed by atoms with E-state index >= 15 is 0 Å². The second kappa shape index (κ2) is 11.8. The number of nitrogens with zero attached hydrogens (tertiary/aromatic N) is 3. The number of hydrogen-bond donors (Lipinski definition) is 1. The third kappa shape index (κ3) is 6.06. The van der Waals surface area contributed by atoms with E-state index in [9.17, 15) is 4.79 Å². The quantitative estimate of drug-likeness (QED) is 0.722. The summed E-state index contributed by atoms with van der Waals surface area (Å²) in [6.45, 7) is 1.66. The summed E-state index contributed by atoms with van der Waals surface area (Å²) >= 11 is 0. The smallest absolute Gasteiger partial charge is 0.146 e. The van der Waals surface area contributed by atoms with Crippen molar-refractivity contribution in [3.8, 4) is 0 Å². The molecule has 0 amide bonds. The Labute approximate surface area is 178 Å². The van der Waals surface area contributed by atoms with Gasteiger partial charge in [-0.05, 0) is 37.6 Å². The molecule has 1 N–H and O–H groups in total. The molecule has 1 unspecified atom stereocenters. The number of aliphatic hydroxyl groups excluding tert-OH is 1. The van der Waals surface area contributed by atoms with Gasteiger partial charge < -0.3 is 14.9 Å². The van der Waals surface area contributed by atoms with Crippen molar-refractivity contribution < 1.29 is 9.90 Å². The minimum atomic E-state index is -0.0784. The van der Waals surface area contributed by atoms with Gasteiger partial charge in [0.15, 0.2) is 0 Å². The summed E-state index contributed by atoms with van der Waals surface area (Å²) in [5, 5.41) is 9.12. The minimum Gasteiger partial charge on any atom is -0.390 e. The second-order valence-corrected chi connectivity index (χ2v) is 6.73. The summed E-state index contributed by atoms with van der Waals surface area (Å²) in [7, 11) is 2.13. The molecule has 1 aromatic carbocycles. The van der Waals surface area contributed by atoms with Crippen LogP contribution in [0.3, 0.4) is 0 Å². The highest BCUT2D eigenvalue weighted by Crippen LogP contribution is 2.28. The van der Waals surface area contributed by atoms with Crippen LogP contribution in [0.4, 0.5) is 5.69 Å². The zero-order valence-electron chi connectivity index (χ0n) is 16.0. The molecule has 1 fully saturated rings. The Morgan fingerprint density at radius 3 is 2.57 bits per heavy atom. The Bertz CT molecular complexity index is 765. The molecular formula is C21H27Cl2N3O2. The van der Waals surface area contributed by atoms with Gasteiger partial charge in [-0.1, -0.05) is 30.3 Å². The fourth-order valence-corrected chi connectivity index (χ4v) is 3.41. The standard InChI is InChI=1S/C21H25N3O2.2ClH/c1-23(11-9-17-5-3-2-4-6-17)19-10-12-24(21(13-19)16-26)20-8-7-18(15-25)22-14-20;;/h2-8,14,19,25H,9-13,15H2,1H3;2*1H. The number of likely N-dealkylation sites (N-methyl/N-ethyl adjacent to an activating group) is 1. The topological polar surface area (TPSA) is 56.7 Å². The summed E-state index contributed by atoms with van der Waals surface area (Å²) in [5.41, 5.74) is 3.51. The van der Waals surface area contributed by atoms with Gasteiger partial charge in [0, 0.05) is 25.6 Å². The predicted molar refractivity (Wildman–Crippen MR) is 117 cm³/mol. The van der Waals surface area contributed by atoms with Gasteiger partial charge in [0.2, 0.25) is 0 Å². The third-order valence-corrected chi connectivity index (χ3v) is 5.06. The maximum atomic E-state index is 11.5. The van der Waals surface area contributed by atoms with Crippen LogP contribution in [0.25, 0.3) is 0 Å². The van der Waals surface area contributed by atoms with Gasteiger partial charge in [0.05, 0.1) is 24.2 Å². The summed E-state index contributed by atoms with van der Waals surface area (Å²) < 4.78 is 0. The molecule has 2 heterocycles. The highest BCUT2D eigenvalue weighted by molar-refractivity contribution is 5.85. The molecule has 7 heteroatoms. The highest BCUT2D eigenvalue weighted by atomic mass is 35.5. The van der Waals surface area contributed by atoms with Crippen molar-refractivity contribution in [2.75, 3.05) is 25.0 Å². The molecule has 28 heavy (non-hydrogen) atoms. The van der Waals surface area contributed by atoms with Gasteiger partial charge in [-0.25, -0.2) is 4.79 Å². The Kier molecular flexibility index (Phi) is 10.2. The van der Waals surface area contributed by atoms with E-state index in [1.807, 2.05) is 17.0 Å². The SMILES string of the molecule is CN(CCc1ccccc1)C1CCN(c2ccc(CO)nc2)C(=C=O)C1.Cl.Cl. The fraction of sp³-hybridized carbons (Fsp3) is 0.381. The molecule has 3 rings (SSSR count). The van der Waals surface area contributed by atoms with Gasteiger partial charge in [-0.3, -0.25) is 4.98 Å². The number of aromatic nitrogens is 1. The minimum absolute atomic E-state index is 0. The molecule has 152 valence electrons. The van der Waals surface area contributed by atoms with Crippen LogP contribution in [0.1, 0.15) is 24.1 Å². The highest BCUT2D eigenvalue weighted by Gasteiger charge is 2.27. The maximum Gasteiger partial charge on any atom is 0.146 e. The summed E-state index contributed by atoms with van der Waals surface area (Å²) in [6, 6.07) is 14.5. The monoisotopic (exact) mass is 423 g/mol. The predicted octanol–water partition coefficient (Wildman–Crippen LogP) is 3.28. The first-order chi connectivity index (χ1) is 12.7. The molecule has 2 aromatic rings. The summed E-state index contributed by atoms with van der Waals surface area (Å²) in [4.78, 5) is 20.1. The summed E-state index contributed by atoms with van der Waals surface area (Å²) in [5.74, 6) is 2.13. The number of rotatable bonds is 6. The van der Waals surface area contributed by atoms with Crippen molar-refractivity contribution in [2.24, 2.45) is 0 Å². The van der Waals surface area contributed by atoms with Crippen molar-refractivity contribution in [3.63, 3.8) is 0 Å². The Balaban J connectivity index is 0.00000196. The van der Waals surface area contributed by atoms with Crippen LogP contribution in [-0.4, -0.2) is 47.1 Å². The average molecular weight is 424 g/mol. The van der Waals surface area contributed by atoms with Gasteiger partial charge in [0.1, 0.15) is 11.6 Å². The molecular weight excluding hydrogens is 397 g/mol.